The van der Waals surface area contributed by atoms with Gasteiger partial charge < -0.3 is 15.5 Å². The highest BCUT2D eigenvalue weighted by atomic mass is 35.5. The van der Waals surface area contributed by atoms with Crippen molar-refractivity contribution in [3.8, 4) is 0 Å². The van der Waals surface area contributed by atoms with E-state index in [0.29, 0.717) is 35.5 Å². The van der Waals surface area contributed by atoms with Gasteiger partial charge in [-0.05, 0) is 24.3 Å². The Labute approximate surface area is 172 Å². The Kier molecular flexibility index (Phi) is 4.36. The van der Waals surface area contributed by atoms with Crippen molar-refractivity contribution in [1.82, 2.24) is 15.2 Å². The summed E-state index contributed by atoms with van der Waals surface area (Å²) in [6.45, 7) is 1.28. The molecule has 2 aliphatic rings. The number of carbonyl (C=O) groups excluding carboxylic acids is 2. The minimum absolute atomic E-state index is 0.0460. The Bertz CT molecular complexity index is 1100. The molecule has 3 amide bonds. The number of urea groups is 1. The van der Waals surface area contributed by atoms with Crippen molar-refractivity contribution in [2.75, 3.05) is 18.4 Å². The van der Waals surface area contributed by atoms with Gasteiger partial charge in [-0.15, -0.1) is 0 Å². The molecule has 29 heavy (non-hydrogen) atoms. The average Bonchev–Trinajstić information content (AvgIpc) is 3.16. The Morgan fingerprint density at radius 1 is 1.03 bits per heavy atom. The number of benzene rings is 2. The van der Waals surface area contributed by atoms with Crippen LogP contribution >= 0.6 is 11.6 Å². The molecule has 1 aliphatic heterocycles. The third-order valence-corrected chi connectivity index (χ3v) is 6.14. The van der Waals surface area contributed by atoms with Crippen molar-refractivity contribution in [2.45, 2.75) is 6.04 Å². The molecule has 2 unspecified atom stereocenters. The van der Waals surface area contributed by atoms with Gasteiger partial charge in [-0.2, -0.15) is 0 Å². The average molecular weight is 407 g/mol. The molecule has 0 bridgehead atoms. The molecule has 0 radical (unpaired) electrons. The molecule has 2 heterocycles. The van der Waals surface area contributed by atoms with Crippen LogP contribution in [0.1, 0.15) is 10.4 Å². The third-order valence-electron chi connectivity index (χ3n) is 5.81. The number of hydrogen-bond acceptors (Lipinski definition) is 3. The number of carbonyl (C=O) groups is 2. The van der Waals surface area contributed by atoms with E-state index in [0.717, 1.165) is 16.5 Å². The lowest BCUT2D eigenvalue weighted by molar-refractivity contribution is 0.0772. The normalized spacial score (nSPS) is 22.2. The summed E-state index contributed by atoms with van der Waals surface area (Å²) in [7, 11) is 0. The summed E-state index contributed by atoms with van der Waals surface area (Å²) in [6, 6.07) is 14.6. The third kappa shape index (κ3) is 3.29. The number of anilines is 1. The molecule has 1 aromatic heterocycles. The maximum atomic E-state index is 12.7. The van der Waals surface area contributed by atoms with Gasteiger partial charge in [0.25, 0.3) is 5.91 Å². The van der Waals surface area contributed by atoms with Gasteiger partial charge in [0.15, 0.2) is 0 Å². The van der Waals surface area contributed by atoms with Gasteiger partial charge in [-0.1, -0.05) is 35.9 Å². The van der Waals surface area contributed by atoms with Crippen LogP contribution in [0.2, 0.25) is 5.02 Å². The number of amides is 3. The van der Waals surface area contributed by atoms with E-state index < -0.39 is 0 Å². The van der Waals surface area contributed by atoms with Crippen LogP contribution in [0, 0.1) is 11.8 Å². The highest BCUT2D eigenvalue weighted by Crippen LogP contribution is 2.46. The fraction of sp³-hybridized carbons (Fsp3) is 0.227. The molecule has 1 aliphatic carbocycles. The first-order valence-corrected chi connectivity index (χ1v) is 9.93. The van der Waals surface area contributed by atoms with Crippen molar-refractivity contribution in [2.24, 2.45) is 11.8 Å². The second-order valence-electron chi connectivity index (χ2n) is 7.54. The number of halogens is 1. The van der Waals surface area contributed by atoms with Gasteiger partial charge in [-0.3, -0.25) is 9.78 Å². The minimum Gasteiger partial charge on any atom is -0.338 e. The topological polar surface area (TPSA) is 74.3 Å². The molecular formula is C22H19ClN4O2. The number of likely N-dealkylation sites (tertiary alicyclic amines) is 1. The first-order chi connectivity index (χ1) is 14.1. The van der Waals surface area contributed by atoms with Gasteiger partial charge in [0, 0.05) is 54.1 Å². The van der Waals surface area contributed by atoms with E-state index in [1.165, 1.54) is 0 Å². The van der Waals surface area contributed by atoms with Crippen LogP contribution < -0.4 is 10.6 Å². The maximum absolute atomic E-state index is 12.7. The monoisotopic (exact) mass is 406 g/mol. The molecule has 3 aromatic rings. The molecular weight excluding hydrogens is 388 g/mol. The van der Waals surface area contributed by atoms with Gasteiger partial charge >= 0.3 is 6.03 Å². The minimum atomic E-state index is -0.224. The quantitative estimate of drug-likeness (QED) is 0.695. The predicted molar refractivity (Wildman–Crippen MR) is 112 cm³/mol. The molecule has 2 fully saturated rings. The molecule has 5 rings (SSSR count). The van der Waals surface area contributed by atoms with Crippen molar-refractivity contribution in [3.05, 3.63) is 71.5 Å². The SMILES string of the molecule is O=C(Nc1cccc2cnccc12)NC1C2CN(C(=O)c3ccccc3Cl)CC21. The molecule has 2 N–H and O–H groups in total. The van der Waals surface area contributed by atoms with Crippen LogP contribution in [0.3, 0.4) is 0 Å². The van der Waals surface area contributed by atoms with E-state index in [9.17, 15) is 9.59 Å². The fourth-order valence-corrected chi connectivity index (χ4v) is 4.47. The van der Waals surface area contributed by atoms with Crippen molar-refractivity contribution >= 4 is 40.0 Å². The molecule has 2 aromatic carbocycles. The molecule has 146 valence electrons. The standard InChI is InChI=1S/C22H19ClN4O2/c23-18-6-2-1-5-15(18)21(28)27-11-16-17(12-27)20(16)26-22(29)25-19-7-3-4-13-10-24-9-8-14(13)19/h1-10,16-17,20H,11-12H2,(H2,25,26,29). The summed E-state index contributed by atoms with van der Waals surface area (Å²) in [5, 5.41) is 8.38. The predicted octanol–water partition coefficient (Wildman–Crippen LogP) is 3.78. The van der Waals surface area contributed by atoms with Gasteiger partial charge in [0.05, 0.1) is 16.3 Å². The van der Waals surface area contributed by atoms with Crippen LogP contribution in [0.15, 0.2) is 60.9 Å². The first-order valence-electron chi connectivity index (χ1n) is 9.56. The summed E-state index contributed by atoms with van der Waals surface area (Å²) in [5.41, 5.74) is 1.28. The second-order valence-corrected chi connectivity index (χ2v) is 7.95. The Morgan fingerprint density at radius 2 is 1.83 bits per heavy atom. The van der Waals surface area contributed by atoms with Crippen LogP contribution in [0.4, 0.5) is 10.5 Å². The zero-order chi connectivity index (χ0) is 20.0. The van der Waals surface area contributed by atoms with E-state index >= 15 is 0 Å². The maximum Gasteiger partial charge on any atom is 0.319 e. The summed E-state index contributed by atoms with van der Waals surface area (Å²) in [4.78, 5) is 31.1. The lowest BCUT2D eigenvalue weighted by atomic mass is 10.1. The van der Waals surface area contributed by atoms with Gasteiger partial charge in [0.1, 0.15) is 0 Å². The lowest BCUT2D eigenvalue weighted by Crippen LogP contribution is -2.39. The van der Waals surface area contributed by atoms with E-state index in [2.05, 4.69) is 15.6 Å². The number of rotatable bonds is 3. The Morgan fingerprint density at radius 3 is 2.62 bits per heavy atom. The second kappa shape index (κ2) is 7.04. The van der Waals surface area contributed by atoms with Crippen LogP contribution in [-0.4, -0.2) is 41.0 Å². The first kappa shape index (κ1) is 17.9. The number of aromatic nitrogens is 1. The zero-order valence-corrected chi connectivity index (χ0v) is 16.3. The van der Waals surface area contributed by atoms with Crippen LogP contribution in [0.25, 0.3) is 10.8 Å². The highest BCUT2D eigenvalue weighted by molar-refractivity contribution is 6.33. The number of nitrogens with one attached hydrogen (secondary N) is 2. The number of pyridine rings is 1. The summed E-state index contributed by atoms with van der Waals surface area (Å²) < 4.78 is 0. The fourth-order valence-electron chi connectivity index (χ4n) is 4.25. The number of fused-ring (bicyclic) bond motifs is 2. The van der Waals surface area contributed by atoms with Gasteiger partial charge in [0.2, 0.25) is 0 Å². The summed E-state index contributed by atoms with van der Waals surface area (Å²) in [5.74, 6) is 0.545. The van der Waals surface area contributed by atoms with Crippen molar-refractivity contribution in [3.63, 3.8) is 0 Å². The molecule has 1 saturated carbocycles. The van der Waals surface area contributed by atoms with Crippen molar-refractivity contribution < 1.29 is 9.59 Å². The Hall–Kier alpha value is -3.12. The molecule has 0 spiro atoms. The molecule has 1 saturated heterocycles. The number of piperidine rings is 1. The van der Waals surface area contributed by atoms with Gasteiger partial charge in [-0.25, -0.2) is 4.79 Å². The lowest BCUT2D eigenvalue weighted by Gasteiger charge is -2.21. The van der Waals surface area contributed by atoms with Crippen LogP contribution in [-0.2, 0) is 0 Å². The van der Waals surface area contributed by atoms with E-state index in [1.54, 1.807) is 24.5 Å². The molecule has 6 nitrogen and oxygen atoms in total. The number of nitrogens with zero attached hydrogens (tertiary/aromatic N) is 2. The zero-order valence-electron chi connectivity index (χ0n) is 15.5. The number of hydrogen-bond donors (Lipinski definition) is 2. The summed E-state index contributed by atoms with van der Waals surface area (Å²) in [6.07, 6.45) is 3.48. The summed E-state index contributed by atoms with van der Waals surface area (Å²) >= 11 is 6.14. The molecule has 2 atom stereocenters. The smallest absolute Gasteiger partial charge is 0.319 e. The Balaban J connectivity index is 1.19. The highest BCUT2D eigenvalue weighted by Gasteiger charge is 2.57. The van der Waals surface area contributed by atoms with E-state index in [1.807, 2.05) is 41.3 Å². The molecule has 7 heteroatoms. The van der Waals surface area contributed by atoms with Crippen molar-refractivity contribution in [1.29, 1.82) is 0 Å². The van der Waals surface area contributed by atoms with Crippen LogP contribution in [0.5, 0.6) is 0 Å². The van der Waals surface area contributed by atoms with E-state index in [4.69, 9.17) is 11.6 Å². The largest absolute Gasteiger partial charge is 0.338 e. The van der Waals surface area contributed by atoms with E-state index in [-0.39, 0.29) is 18.0 Å².